The number of carboxylic acids is 3. The minimum atomic E-state index is -1.52. The fourth-order valence-corrected chi connectivity index (χ4v) is 3.40. The summed E-state index contributed by atoms with van der Waals surface area (Å²) in [5.74, 6) is -7.46. The van der Waals surface area contributed by atoms with Crippen molar-refractivity contribution in [3.05, 3.63) is 0 Å². The zero-order valence-electron chi connectivity index (χ0n) is 18.3. The van der Waals surface area contributed by atoms with Crippen LogP contribution in [0.4, 0.5) is 0 Å². The summed E-state index contributed by atoms with van der Waals surface area (Å²) in [4.78, 5) is 83.4. The number of carbonyl (C=O) groups is 7. The number of nitrogens with one attached hydrogen (secondary N) is 2. The van der Waals surface area contributed by atoms with E-state index in [-0.39, 0.29) is 25.8 Å². The maximum atomic E-state index is 13.0. The lowest BCUT2D eigenvalue weighted by Gasteiger charge is -2.28. The van der Waals surface area contributed by atoms with Crippen LogP contribution in [0, 0.1) is 0 Å². The second kappa shape index (κ2) is 13.1. The molecule has 4 amide bonds. The number of nitrogens with two attached hydrogens (primary N) is 2. The molecule has 0 aromatic carbocycles. The van der Waals surface area contributed by atoms with Crippen LogP contribution in [0.2, 0.25) is 0 Å². The molecule has 4 unspecified atom stereocenters. The van der Waals surface area contributed by atoms with Gasteiger partial charge in [-0.05, 0) is 25.7 Å². The number of hydrogen-bond donors (Lipinski definition) is 7. The van der Waals surface area contributed by atoms with Crippen molar-refractivity contribution in [3.8, 4) is 0 Å². The quantitative estimate of drug-likeness (QED) is 0.129. The lowest BCUT2D eigenvalue weighted by atomic mass is 10.1. The molecule has 15 nitrogen and oxygen atoms in total. The third-order valence-corrected chi connectivity index (χ3v) is 5.13. The third-order valence-electron chi connectivity index (χ3n) is 5.13. The molecule has 4 atom stereocenters. The molecule has 0 bridgehead atoms. The van der Waals surface area contributed by atoms with Gasteiger partial charge in [0.25, 0.3) is 0 Å². The summed E-state index contributed by atoms with van der Waals surface area (Å²) < 4.78 is 0. The molecular formula is C19H29N5O10. The van der Waals surface area contributed by atoms with Crippen molar-refractivity contribution >= 4 is 41.5 Å². The first kappa shape index (κ1) is 28.3. The van der Waals surface area contributed by atoms with Crippen molar-refractivity contribution < 1.29 is 48.9 Å². The Hall–Kier alpha value is -3.75. The number of nitrogens with zero attached hydrogens (tertiary/aromatic N) is 1. The Morgan fingerprint density at radius 3 is 2.00 bits per heavy atom. The van der Waals surface area contributed by atoms with Crippen LogP contribution in [-0.2, 0) is 33.6 Å². The number of aliphatic carboxylic acids is 3. The van der Waals surface area contributed by atoms with Gasteiger partial charge >= 0.3 is 17.9 Å². The zero-order valence-corrected chi connectivity index (χ0v) is 18.3. The first-order chi connectivity index (χ1) is 15.8. The Kier molecular flexibility index (Phi) is 10.9. The largest absolute Gasteiger partial charge is 0.481 e. The average molecular weight is 487 g/mol. The van der Waals surface area contributed by atoms with Crippen molar-refractivity contribution in [2.45, 2.75) is 69.1 Å². The fourth-order valence-electron chi connectivity index (χ4n) is 3.40. The monoisotopic (exact) mass is 487 g/mol. The standard InChI is InChI=1S/C19H29N5O10/c20-9(8-15(28)29)16(30)22-10(4-6-14(26)27)17(31)23-11(3-5-13(21)25)18(32)24-7-1-2-12(24)19(33)34/h9-12H,1-8,20H2,(H2,21,25)(H,22,30)(H,23,31)(H,26,27)(H,28,29)(H,33,34). The molecule has 190 valence electrons. The van der Waals surface area contributed by atoms with Crippen LogP contribution in [0.3, 0.4) is 0 Å². The number of rotatable bonds is 14. The van der Waals surface area contributed by atoms with Crippen molar-refractivity contribution in [1.82, 2.24) is 15.5 Å². The molecular weight excluding hydrogens is 458 g/mol. The number of likely N-dealkylation sites (tertiary alicyclic amines) is 1. The van der Waals surface area contributed by atoms with E-state index < -0.39 is 85.0 Å². The average Bonchev–Trinajstić information content (AvgIpc) is 3.22. The summed E-state index contributed by atoms with van der Waals surface area (Å²) >= 11 is 0. The van der Waals surface area contributed by atoms with Gasteiger partial charge in [0.1, 0.15) is 18.1 Å². The molecule has 0 aromatic heterocycles. The van der Waals surface area contributed by atoms with E-state index in [0.29, 0.717) is 6.42 Å². The second-order valence-electron chi connectivity index (χ2n) is 7.79. The van der Waals surface area contributed by atoms with Crippen LogP contribution in [0.15, 0.2) is 0 Å². The normalized spacial score (nSPS) is 17.8. The van der Waals surface area contributed by atoms with Crippen molar-refractivity contribution in [2.24, 2.45) is 11.5 Å². The van der Waals surface area contributed by atoms with Crippen LogP contribution >= 0.6 is 0 Å². The number of carboxylic acid groups (broad SMARTS) is 3. The van der Waals surface area contributed by atoms with Gasteiger partial charge in [-0.25, -0.2) is 4.79 Å². The van der Waals surface area contributed by atoms with Gasteiger partial charge in [-0.1, -0.05) is 0 Å². The highest BCUT2D eigenvalue weighted by Crippen LogP contribution is 2.19. The molecule has 0 radical (unpaired) electrons. The smallest absolute Gasteiger partial charge is 0.326 e. The minimum absolute atomic E-state index is 0.113. The lowest BCUT2D eigenvalue weighted by molar-refractivity contribution is -0.149. The van der Waals surface area contributed by atoms with Gasteiger partial charge in [0, 0.05) is 19.4 Å². The molecule has 0 aromatic rings. The molecule has 34 heavy (non-hydrogen) atoms. The van der Waals surface area contributed by atoms with Crippen molar-refractivity contribution in [1.29, 1.82) is 0 Å². The number of primary amides is 1. The first-order valence-corrected chi connectivity index (χ1v) is 10.4. The highest BCUT2D eigenvalue weighted by atomic mass is 16.4. The molecule has 0 spiro atoms. The highest BCUT2D eigenvalue weighted by Gasteiger charge is 2.38. The number of carbonyl (C=O) groups excluding carboxylic acids is 4. The Labute approximate surface area is 193 Å². The van der Waals surface area contributed by atoms with E-state index in [4.69, 9.17) is 21.7 Å². The molecule has 1 aliphatic heterocycles. The molecule has 1 rings (SSSR count). The van der Waals surface area contributed by atoms with Gasteiger partial charge in [-0.2, -0.15) is 0 Å². The molecule has 1 aliphatic rings. The molecule has 0 saturated carbocycles. The van der Waals surface area contributed by atoms with Gasteiger partial charge < -0.3 is 42.3 Å². The van der Waals surface area contributed by atoms with Gasteiger partial charge in [0.2, 0.25) is 23.6 Å². The molecule has 9 N–H and O–H groups in total. The van der Waals surface area contributed by atoms with E-state index in [1.807, 2.05) is 0 Å². The van der Waals surface area contributed by atoms with Crippen LogP contribution in [0.5, 0.6) is 0 Å². The molecule has 1 fully saturated rings. The van der Waals surface area contributed by atoms with Crippen LogP contribution < -0.4 is 22.1 Å². The topological polar surface area (TPSA) is 260 Å². The van der Waals surface area contributed by atoms with Gasteiger partial charge in [-0.3, -0.25) is 28.8 Å². The third kappa shape index (κ3) is 9.01. The van der Waals surface area contributed by atoms with Gasteiger partial charge in [-0.15, -0.1) is 0 Å². The predicted molar refractivity (Wildman–Crippen MR) is 112 cm³/mol. The Bertz CT molecular complexity index is 832. The molecule has 1 heterocycles. The fraction of sp³-hybridized carbons (Fsp3) is 0.632. The van der Waals surface area contributed by atoms with E-state index in [2.05, 4.69) is 10.6 Å². The maximum absolute atomic E-state index is 13.0. The van der Waals surface area contributed by atoms with E-state index in [0.717, 1.165) is 4.90 Å². The summed E-state index contributed by atoms with van der Waals surface area (Å²) in [6.45, 7) is 0.113. The molecule has 0 aliphatic carbocycles. The van der Waals surface area contributed by atoms with E-state index >= 15 is 0 Å². The summed E-state index contributed by atoms with van der Waals surface area (Å²) in [7, 11) is 0. The van der Waals surface area contributed by atoms with Gasteiger partial charge in [0.15, 0.2) is 0 Å². The Morgan fingerprint density at radius 2 is 1.47 bits per heavy atom. The molecule has 1 saturated heterocycles. The lowest BCUT2D eigenvalue weighted by Crippen LogP contribution is -2.57. The predicted octanol–water partition coefficient (Wildman–Crippen LogP) is -3.04. The second-order valence-corrected chi connectivity index (χ2v) is 7.79. The first-order valence-electron chi connectivity index (χ1n) is 10.4. The van der Waals surface area contributed by atoms with E-state index in [9.17, 15) is 38.7 Å². The minimum Gasteiger partial charge on any atom is -0.481 e. The van der Waals surface area contributed by atoms with Crippen LogP contribution in [0.25, 0.3) is 0 Å². The highest BCUT2D eigenvalue weighted by molar-refractivity contribution is 5.95. The maximum Gasteiger partial charge on any atom is 0.326 e. The van der Waals surface area contributed by atoms with Crippen LogP contribution in [0.1, 0.15) is 44.9 Å². The number of hydrogen-bond acceptors (Lipinski definition) is 8. The summed E-state index contributed by atoms with van der Waals surface area (Å²) in [6.07, 6.45) is -1.68. The Morgan fingerprint density at radius 1 is 0.882 bits per heavy atom. The Balaban J connectivity index is 3.05. The van der Waals surface area contributed by atoms with Crippen molar-refractivity contribution in [3.63, 3.8) is 0 Å². The number of amides is 4. The van der Waals surface area contributed by atoms with E-state index in [1.165, 1.54) is 0 Å². The summed E-state index contributed by atoms with van der Waals surface area (Å²) in [5.41, 5.74) is 10.6. The summed E-state index contributed by atoms with van der Waals surface area (Å²) in [6, 6.07) is -5.51. The van der Waals surface area contributed by atoms with Gasteiger partial charge in [0.05, 0.1) is 12.5 Å². The van der Waals surface area contributed by atoms with Crippen LogP contribution in [-0.4, -0.2) is 92.5 Å². The SMILES string of the molecule is NC(=O)CCC(NC(=O)C(CCC(=O)O)NC(=O)C(N)CC(=O)O)C(=O)N1CCCC1C(=O)O. The summed E-state index contributed by atoms with van der Waals surface area (Å²) in [5, 5.41) is 31.5. The zero-order chi connectivity index (χ0) is 26.0. The van der Waals surface area contributed by atoms with E-state index in [1.54, 1.807) is 0 Å². The molecule has 15 heteroatoms. The van der Waals surface area contributed by atoms with Crippen molar-refractivity contribution in [2.75, 3.05) is 6.54 Å².